The van der Waals surface area contributed by atoms with Crippen molar-refractivity contribution in [2.75, 3.05) is 0 Å². The molecule has 0 atom stereocenters. The van der Waals surface area contributed by atoms with Crippen molar-refractivity contribution >= 4 is 11.2 Å². The van der Waals surface area contributed by atoms with Crippen molar-refractivity contribution in [3.8, 4) is 5.88 Å². The molecule has 0 unspecified atom stereocenters. The molecule has 0 saturated carbocycles. The zero-order valence-corrected chi connectivity index (χ0v) is 5.43. The molecule has 0 fully saturated rings. The van der Waals surface area contributed by atoms with E-state index in [-0.39, 0.29) is 5.88 Å². The van der Waals surface area contributed by atoms with E-state index >= 15 is 0 Å². The van der Waals surface area contributed by atoms with Crippen LogP contribution >= 0.6 is 0 Å². The summed E-state index contributed by atoms with van der Waals surface area (Å²) in [5.41, 5.74) is 0.875. The highest BCUT2D eigenvalue weighted by Gasteiger charge is 1.98. The van der Waals surface area contributed by atoms with Crippen LogP contribution in [0.25, 0.3) is 11.2 Å². The number of nitrogens with zero attached hydrogens (tertiary/aromatic N) is 4. The van der Waals surface area contributed by atoms with Gasteiger partial charge in [-0.1, -0.05) is 0 Å². The third kappa shape index (κ3) is 0.958. The average molecular weight is 147 g/mol. The summed E-state index contributed by atoms with van der Waals surface area (Å²) in [6.45, 7) is 0. The van der Waals surface area contributed by atoms with Crippen LogP contribution in [0.15, 0.2) is 18.7 Å². The lowest BCUT2D eigenvalue weighted by atomic mass is 10.5. The molecule has 0 saturated heterocycles. The van der Waals surface area contributed by atoms with Crippen LogP contribution in [-0.4, -0.2) is 19.9 Å². The molecule has 11 heavy (non-hydrogen) atoms. The van der Waals surface area contributed by atoms with Crippen molar-refractivity contribution in [3.05, 3.63) is 18.7 Å². The lowest BCUT2D eigenvalue weighted by Gasteiger charge is -1.90. The number of fused-ring (bicyclic) bond motifs is 1. The minimum atomic E-state index is -0.379. The van der Waals surface area contributed by atoms with Crippen LogP contribution in [0.4, 0.5) is 0 Å². The molecular weight excluding hydrogens is 144 g/mol. The molecule has 0 spiro atoms. The molecular formula is C6H3N4O. The highest BCUT2D eigenvalue weighted by Crippen LogP contribution is 2.07. The molecule has 0 aliphatic heterocycles. The van der Waals surface area contributed by atoms with E-state index in [0.29, 0.717) is 11.2 Å². The first-order chi connectivity index (χ1) is 5.36. The first kappa shape index (κ1) is 5.96. The van der Waals surface area contributed by atoms with Crippen LogP contribution in [-0.2, 0) is 5.11 Å². The highest BCUT2D eigenvalue weighted by atomic mass is 16.3. The van der Waals surface area contributed by atoms with Gasteiger partial charge in [0.2, 0.25) is 0 Å². The number of aromatic nitrogens is 4. The molecule has 2 aromatic rings. The zero-order valence-electron chi connectivity index (χ0n) is 5.43. The van der Waals surface area contributed by atoms with Gasteiger partial charge in [-0.05, 0) is 0 Å². The van der Waals surface area contributed by atoms with Crippen molar-refractivity contribution in [1.29, 1.82) is 0 Å². The van der Waals surface area contributed by atoms with E-state index in [1.54, 1.807) is 0 Å². The Morgan fingerprint density at radius 1 is 1.18 bits per heavy atom. The van der Waals surface area contributed by atoms with Crippen molar-refractivity contribution in [2.45, 2.75) is 0 Å². The largest absolute Gasteiger partial charge is 0.290 e. The first-order valence-corrected chi connectivity index (χ1v) is 2.96. The molecule has 53 valence electrons. The highest BCUT2D eigenvalue weighted by molar-refractivity contribution is 5.67. The predicted molar refractivity (Wildman–Crippen MR) is 35.3 cm³/mol. The third-order valence-corrected chi connectivity index (χ3v) is 1.20. The molecule has 5 heteroatoms. The summed E-state index contributed by atoms with van der Waals surface area (Å²) in [6.07, 6.45) is 3.98. The van der Waals surface area contributed by atoms with Crippen molar-refractivity contribution in [3.63, 3.8) is 0 Å². The summed E-state index contributed by atoms with van der Waals surface area (Å²) in [5, 5.41) is 10.6. The molecule has 0 aliphatic rings. The van der Waals surface area contributed by atoms with Gasteiger partial charge < -0.3 is 0 Å². The fraction of sp³-hybridized carbons (Fsp3) is 0. The Morgan fingerprint density at radius 2 is 2.09 bits per heavy atom. The number of hydrogen-bond acceptors (Lipinski definition) is 4. The molecule has 0 aliphatic carbocycles. The Bertz CT molecular complexity index is 389. The van der Waals surface area contributed by atoms with E-state index in [0.717, 1.165) is 6.20 Å². The quantitative estimate of drug-likeness (QED) is 0.545. The average Bonchev–Trinajstić information content (AvgIpc) is 2.04. The van der Waals surface area contributed by atoms with Crippen LogP contribution in [0, 0.1) is 0 Å². The van der Waals surface area contributed by atoms with E-state index in [2.05, 4.69) is 19.9 Å². The second-order valence-corrected chi connectivity index (χ2v) is 1.94. The maximum Gasteiger partial charge on any atom is 0.290 e. The summed E-state index contributed by atoms with van der Waals surface area (Å²) in [6, 6.07) is 0. The van der Waals surface area contributed by atoms with Gasteiger partial charge in [-0.25, -0.2) is 15.0 Å². The van der Waals surface area contributed by atoms with Gasteiger partial charge in [0.25, 0.3) is 5.88 Å². The fourth-order valence-electron chi connectivity index (χ4n) is 0.751. The lowest BCUT2D eigenvalue weighted by Crippen LogP contribution is -1.86. The summed E-state index contributed by atoms with van der Waals surface area (Å²) >= 11 is 0. The predicted octanol–water partition coefficient (Wildman–Crippen LogP) is 0.564. The van der Waals surface area contributed by atoms with Gasteiger partial charge in [-0.15, -0.1) is 0 Å². The molecule has 0 aromatic carbocycles. The maximum atomic E-state index is 10.6. The SMILES string of the molecule is [O]c1cnc2cncnc2n1. The van der Waals surface area contributed by atoms with Gasteiger partial charge in [0.1, 0.15) is 11.8 Å². The van der Waals surface area contributed by atoms with E-state index in [1.165, 1.54) is 12.5 Å². The van der Waals surface area contributed by atoms with Crippen LogP contribution in [0.5, 0.6) is 5.88 Å². The summed E-state index contributed by atoms with van der Waals surface area (Å²) < 4.78 is 0. The van der Waals surface area contributed by atoms with Gasteiger partial charge in [0.05, 0.1) is 12.4 Å². The van der Waals surface area contributed by atoms with Gasteiger partial charge in [-0.2, -0.15) is 4.98 Å². The molecule has 0 amide bonds. The smallest absolute Gasteiger partial charge is 0.266 e. The standard InChI is InChI=1S/C6H3N4O/c11-5-2-8-4-1-7-3-9-6(4)10-5/h1-3H. The van der Waals surface area contributed by atoms with Crippen LogP contribution in [0.2, 0.25) is 0 Å². The summed E-state index contributed by atoms with van der Waals surface area (Å²) in [5.74, 6) is -0.379. The fourth-order valence-corrected chi connectivity index (χ4v) is 0.751. The van der Waals surface area contributed by atoms with Crippen LogP contribution in [0.3, 0.4) is 0 Å². The molecule has 2 rings (SSSR count). The normalized spacial score (nSPS) is 10.2. The molecule has 0 bridgehead atoms. The van der Waals surface area contributed by atoms with Crippen LogP contribution in [0.1, 0.15) is 0 Å². The van der Waals surface area contributed by atoms with Gasteiger partial charge in [0.15, 0.2) is 5.65 Å². The molecule has 2 aromatic heterocycles. The van der Waals surface area contributed by atoms with E-state index in [9.17, 15) is 5.11 Å². The Labute approximate surface area is 61.8 Å². The Morgan fingerprint density at radius 3 is 3.00 bits per heavy atom. The Hall–Kier alpha value is -1.78. The topological polar surface area (TPSA) is 71.5 Å². The monoisotopic (exact) mass is 147 g/mol. The van der Waals surface area contributed by atoms with E-state index in [4.69, 9.17) is 0 Å². The van der Waals surface area contributed by atoms with E-state index in [1.807, 2.05) is 0 Å². The number of hydrogen-bond donors (Lipinski definition) is 0. The van der Waals surface area contributed by atoms with E-state index < -0.39 is 0 Å². The Kier molecular flexibility index (Phi) is 1.15. The third-order valence-electron chi connectivity index (χ3n) is 1.20. The Balaban J connectivity index is 2.83. The van der Waals surface area contributed by atoms with Crippen LogP contribution < -0.4 is 0 Å². The van der Waals surface area contributed by atoms with Crippen molar-refractivity contribution < 1.29 is 5.11 Å². The first-order valence-electron chi connectivity index (χ1n) is 2.96. The summed E-state index contributed by atoms with van der Waals surface area (Å²) in [4.78, 5) is 14.9. The van der Waals surface area contributed by atoms with Crippen molar-refractivity contribution in [2.24, 2.45) is 0 Å². The van der Waals surface area contributed by atoms with Gasteiger partial charge in [0, 0.05) is 0 Å². The van der Waals surface area contributed by atoms with Gasteiger partial charge in [-0.3, -0.25) is 5.11 Å². The minimum Gasteiger partial charge on any atom is -0.266 e. The second kappa shape index (κ2) is 2.12. The lowest BCUT2D eigenvalue weighted by molar-refractivity contribution is 0.337. The molecule has 2 heterocycles. The van der Waals surface area contributed by atoms with Gasteiger partial charge >= 0.3 is 0 Å². The maximum absolute atomic E-state index is 10.6. The summed E-state index contributed by atoms with van der Waals surface area (Å²) in [7, 11) is 0. The zero-order chi connectivity index (χ0) is 7.68. The molecule has 1 radical (unpaired) electrons. The number of rotatable bonds is 0. The second-order valence-electron chi connectivity index (χ2n) is 1.94. The molecule has 5 nitrogen and oxygen atoms in total. The minimum absolute atomic E-state index is 0.340. The van der Waals surface area contributed by atoms with Crippen molar-refractivity contribution in [1.82, 2.24) is 19.9 Å². The molecule has 0 N–H and O–H groups in total.